The number of benzene rings is 1. The van der Waals surface area contributed by atoms with Gasteiger partial charge in [-0.05, 0) is 37.7 Å². The lowest BCUT2D eigenvalue weighted by atomic mass is 9.94. The zero-order valence-corrected chi connectivity index (χ0v) is 11.9. The van der Waals surface area contributed by atoms with Crippen LogP contribution in [0.25, 0.3) is 0 Å². The van der Waals surface area contributed by atoms with Gasteiger partial charge in [-0.15, -0.1) is 0 Å². The minimum Gasteiger partial charge on any atom is -0.481 e. The van der Waals surface area contributed by atoms with Gasteiger partial charge in [0, 0.05) is 6.04 Å². The van der Waals surface area contributed by atoms with Crippen molar-refractivity contribution in [3.63, 3.8) is 0 Å². The Kier molecular flexibility index (Phi) is 6.57. The molecule has 0 aliphatic rings. The van der Waals surface area contributed by atoms with Crippen LogP contribution in [0.2, 0.25) is 0 Å². The summed E-state index contributed by atoms with van der Waals surface area (Å²) in [5.41, 5.74) is 8.45. The number of aliphatic carboxylic acids is 1. The van der Waals surface area contributed by atoms with Gasteiger partial charge in [-0.2, -0.15) is 0 Å². The second-order valence-corrected chi connectivity index (χ2v) is 5.58. The Bertz CT molecular complexity index is 386. The van der Waals surface area contributed by atoms with Crippen molar-refractivity contribution in [2.24, 2.45) is 11.7 Å². The molecule has 2 atom stereocenters. The summed E-state index contributed by atoms with van der Waals surface area (Å²) in [6.07, 6.45) is 4.17. The third kappa shape index (κ3) is 6.97. The van der Waals surface area contributed by atoms with Gasteiger partial charge >= 0.3 is 5.97 Å². The minimum atomic E-state index is -0.806. The van der Waals surface area contributed by atoms with Crippen LogP contribution < -0.4 is 5.73 Å². The highest BCUT2D eigenvalue weighted by molar-refractivity contribution is 5.67. The van der Waals surface area contributed by atoms with Crippen LogP contribution in [0.4, 0.5) is 0 Å². The molecule has 0 heterocycles. The molecule has 1 aromatic carbocycles. The Labute approximate surface area is 115 Å². The van der Waals surface area contributed by atoms with E-state index >= 15 is 0 Å². The molecule has 0 spiro atoms. The molecule has 19 heavy (non-hydrogen) atoms. The molecule has 0 radical (unpaired) electrons. The zero-order chi connectivity index (χ0) is 14.3. The Hall–Kier alpha value is -1.35. The fourth-order valence-corrected chi connectivity index (χ4v) is 2.35. The molecule has 0 aromatic heterocycles. The average molecular weight is 263 g/mol. The summed E-state index contributed by atoms with van der Waals surface area (Å²) in [6, 6.07) is 8.42. The van der Waals surface area contributed by atoms with Crippen molar-refractivity contribution in [2.75, 3.05) is 0 Å². The first-order valence-corrected chi connectivity index (χ1v) is 7.00. The summed E-state index contributed by atoms with van der Waals surface area (Å²) in [6.45, 7) is 4.24. The van der Waals surface area contributed by atoms with E-state index in [2.05, 4.69) is 38.1 Å². The Morgan fingerprint density at radius 3 is 2.53 bits per heavy atom. The van der Waals surface area contributed by atoms with Crippen molar-refractivity contribution in [3.05, 3.63) is 35.4 Å². The van der Waals surface area contributed by atoms with E-state index in [0.29, 0.717) is 5.92 Å². The second-order valence-electron chi connectivity index (χ2n) is 5.58. The topological polar surface area (TPSA) is 63.3 Å². The molecule has 1 rings (SSSR count). The summed E-state index contributed by atoms with van der Waals surface area (Å²) in [4.78, 5) is 10.5. The van der Waals surface area contributed by atoms with Crippen LogP contribution in [0.3, 0.4) is 0 Å². The lowest BCUT2D eigenvalue weighted by molar-refractivity contribution is -0.137. The van der Waals surface area contributed by atoms with E-state index in [0.717, 1.165) is 25.7 Å². The van der Waals surface area contributed by atoms with Crippen LogP contribution >= 0.6 is 0 Å². The van der Waals surface area contributed by atoms with E-state index in [9.17, 15) is 4.79 Å². The summed E-state index contributed by atoms with van der Waals surface area (Å²) in [5.74, 6) is -0.320. The molecule has 1 unspecified atom stereocenters. The summed E-state index contributed by atoms with van der Waals surface area (Å²) < 4.78 is 0. The number of aryl methyl sites for hydroxylation is 2. The molecule has 1 aromatic rings. The molecule has 0 aliphatic carbocycles. The Morgan fingerprint density at radius 2 is 1.95 bits per heavy atom. The molecule has 3 N–H and O–H groups in total. The van der Waals surface area contributed by atoms with Crippen molar-refractivity contribution in [2.45, 2.75) is 52.0 Å². The van der Waals surface area contributed by atoms with Gasteiger partial charge in [-0.3, -0.25) is 4.79 Å². The lowest BCUT2D eigenvalue weighted by Crippen LogP contribution is -2.26. The highest BCUT2D eigenvalue weighted by Crippen LogP contribution is 2.16. The number of hydrogen-bond donors (Lipinski definition) is 2. The highest BCUT2D eigenvalue weighted by Gasteiger charge is 2.12. The summed E-state index contributed by atoms with van der Waals surface area (Å²) in [7, 11) is 0. The first kappa shape index (κ1) is 15.7. The molecule has 3 heteroatoms. The maximum absolute atomic E-state index is 10.5. The molecule has 0 saturated heterocycles. The van der Waals surface area contributed by atoms with Gasteiger partial charge in [0.05, 0.1) is 6.42 Å². The number of carbonyl (C=O) groups is 1. The maximum Gasteiger partial charge on any atom is 0.304 e. The average Bonchev–Trinajstić information content (AvgIpc) is 2.30. The molecule has 0 aliphatic heterocycles. The monoisotopic (exact) mass is 263 g/mol. The van der Waals surface area contributed by atoms with Crippen LogP contribution in [-0.2, 0) is 11.2 Å². The number of carboxylic acids is 1. The standard InChI is InChI=1S/C16H25NO2/c1-12-6-8-14(9-7-12)5-3-4-13(2)10-15(17)11-16(18)19/h6-9,13,15H,3-5,10-11,17H2,1-2H3,(H,18,19)/t13-,15?/m1/s1. The van der Waals surface area contributed by atoms with Gasteiger partial charge in [-0.1, -0.05) is 43.2 Å². The summed E-state index contributed by atoms with van der Waals surface area (Å²) in [5, 5.41) is 8.66. The van der Waals surface area contributed by atoms with Crippen LogP contribution in [-0.4, -0.2) is 17.1 Å². The minimum absolute atomic E-state index is 0.0717. The zero-order valence-electron chi connectivity index (χ0n) is 11.9. The van der Waals surface area contributed by atoms with E-state index in [1.807, 2.05) is 0 Å². The second kappa shape index (κ2) is 7.95. The normalized spacial score (nSPS) is 14.1. The predicted octanol–water partition coefficient (Wildman–Crippen LogP) is 3.15. The van der Waals surface area contributed by atoms with Crippen LogP contribution in [0, 0.1) is 12.8 Å². The Balaban J connectivity index is 2.21. The molecule has 0 fully saturated rings. The van der Waals surface area contributed by atoms with Gasteiger partial charge in [0.15, 0.2) is 0 Å². The summed E-state index contributed by atoms with van der Waals surface area (Å²) >= 11 is 0. The molecular formula is C16H25NO2. The maximum atomic E-state index is 10.5. The van der Waals surface area contributed by atoms with Crippen LogP contribution in [0.15, 0.2) is 24.3 Å². The highest BCUT2D eigenvalue weighted by atomic mass is 16.4. The van der Waals surface area contributed by atoms with Crippen molar-refractivity contribution >= 4 is 5.97 Å². The van der Waals surface area contributed by atoms with E-state index in [-0.39, 0.29) is 12.5 Å². The van der Waals surface area contributed by atoms with Crippen molar-refractivity contribution in [3.8, 4) is 0 Å². The largest absolute Gasteiger partial charge is 0.481 e. The SMILES string of the molecule is Cc1ccc(CCC[C@@H](C)CC(N)CC(=O)O)cc1. The smallest absolute Gasteiger partial charge is 0.304 e. The first-order chi connectivity index (χ1) is 8.97. The molecule has 0 saturated carbocycles. The van der Waals surface area contributed by atoms with Gasteiger partial charge in [0.25, 0.3) is 0 Å². The van der Waals surface area contributed by atoms with E-state index in [4.69, 9.17) is 10.8 Å². The van der Waals surface area contributed by atoms with Gasteiger partial charge < -0.3 is 10.8 Å². The molecule has 3 nitrogen and oxygen atoms in total. The Morgan fingerprint density at radius 1 is 1.32 bits per heavy atom. The van der Waals surface area contributed by atoms with E-state index in [1.54, 1.807) is 0 Å². The number of nitrogens with two attached hydrogens (primary N) is 1. The fourth-order valence-electron chi connectivity index (χ4n) is 2.35. The van der Waals surface area contributed by atoms with Gasteiger partial charge in [0.1, 0.15) is 0 Å². The van der Waals surface area contributed by atoms with E-state index in [1.165, 1.54) is 11.1 Å². The lowest BCUT2D eigenvalue weighted by Gasteiger charge is -2.15. The number of rotatable bonds is 8. The fraction of sp³-hybridized carbons (Fsp3) is 0.562. The number of hydrogen-bond acceptors (Lipinski definition) is 2. The quantitative estimate of drug-likeness (QED) is 0.757. The first-order valence-electron chi connectivity index (χ1n) is 7.00. The molecule has 0 bridgehead atoms. The van der Waals surface area contributed by atoms with Gasteiger partial charge in [-0.25, -0.2) is 0 Å². The van der Waals surface area contributed by atoms with Crippen molar-refractivity contribution < 1.29 is 9.90 Å². The molecule has 106 valence electrons. The van der Waals surface area contributed by atoms with Crippen LogP contribution in [0.5, 0.6) is 0 Å². The predicted molar refractivity (Wildman–Crippen MR) is 78.1 cm³/mol. The third-order valence-corrected chi connectivity index (χ3v) is 3.42. The van der Waals surface area contributed by atoms with E-state index < -0.39 is 5.97 Å². The number of carboxylic acid groups (broad SMARTS) is 1. The molecule has 0 amide bonds. The molecular weight excluding hydrogens is 238 g/mol. The van der Waals surface area contributed by atoms with Crippen molar-refractivity contribution in [1.82, 2.24) is 0 Å². The third-order valence-electron chi connectivity index (χ3n) is 3.42. The van der Waals surface area contributed by atoms with Crippen molar-refractivity contribution in [1.29, 1.82) is 0 Å². The van der Waals surface area contributed by atoms with Crippen LogP contribution in [0.1, 0.15) is 43.7 Å². The van der Waals surface area contributed by atoms with Gasteiger partial charge in [0.2, 0.25) is 0 Å².